The zero-order valence-electron chi connectivity index (χ0n) is 11.7. The maximum Gasteiger partial charge on any atom is 0.263 e. The molecule has 2 aromatic carbocycles. The minimum Gasteiger partial charge on any atom is -0.494 e. The number of anilines is 1. The van der Waals surface area contributed by atoms with Crippen molar-refractivity contribution in [3.05, 3.63) is 47.2 Å². The van der Waals surface area contributed by atoms with Crippen LogP contribution in [-0.2, 0) is 10.0 Å². The van der Waals surface area contributed by atoms with Crippen molar-refractivity contribution < 1.29 is 17.5 Å². The van der Waals surface area contributed by atoms with Gasteiger partial charge in [-0.2, -0.15) is 0 Å². The molecule has 0 aliphatic heterocycles. The molecule has 0 aliphatic rings. The second kappa shape index (κ2) is 5.95. The summed E-state index contributed by atoms with van der Waals surface area (Å²) >= 11 is 7.19. The number of thiazole rings is 1. The Kier molecular flexibility index (Phi) is 4.13. The van der Waals surface area contributed by atoms with Crippen LogP contribution in [0.2, 0.25) is 5.02 Å². The minimum atomic E-state index is -3.86. The van der Waals surface area contributed by atoms with Crippen molar-refractivity contribution in [1.82, 2.24) is 4.98 Å². The number of halogens is 2. The van der Waals surface area contributed by atoms with E-state index in [0.717, 1.165) is 23.5 Å². The zero-order valence-corrected chi connectivity index (χ0v) is 14.1. The molecule has 23 heavy (non-hydrogen) atoms. The molecule has 3 rings (SSSR count). The molecule has 0 radical (unpaired) electrons. The van der Waals surface area contributed by atoms with Crippen molar-refractivity contribution >= 4 is 48.3 Å². The third-order valence-electron chi connectivity index (χ3n) is 3.02. The summed E-state index contributed by atoms with van der Waals surface area (Å²) in [5.41, 5.74) is 0.474. The van der Waals surface area contributed by atoms with Crippen LogP contribution < -0.4 is 9.46 Å². The molecular weight excluding hydrogens is 363 g/mol. The molecule has 0 amide bonds. The van der Waals surface area contributed by atoms with Crippen molar-refractivity contribution in [3.8, 4) is 5.75 Å². The first-order valence-corrected chi connectivity index (χ1v) is 9.00. The highest BCUT2D eigenvalue weighted by atomic mass is 35.5. The van der Waals surface area contributed by atoms with E-state index in [1.165, 1.54) is 19.2 Å². The number of nitrogens with zero attached hydrogens (tertiary/aromatic N) is 1. The van der Waals surface area contributed by atoms with Gasteiger partial charge in [-0.1, -0.05) is 22.9 Å². The highest BCUT2D eigenvalue weighted by molar-refractivity contribution is 7.93. The Morgan fingerprint density at radius 1 is 1.22 bits per heavy atom. The molecule has 1 heterocycles. The first kappa shape index (κ1) is 16.0. The molecular formula is C14H10ClFN2O3S2. The molecule has 0 spiro atoms. The molecule has 0 saturated heterocycles. The molecule has 9 heteroatoms. The van der Waals surface area contributed by atoms with Gasteiger partial charge in [0, 0.05) is 0 Å². The number of hydrogen-bond acceptors (Lipinski definition) is 5. The highest BCUT2D eigenvalue weighted by Crippen LogP contribution is 2.37. The topological polar surface area (TPSA) is 68.3 Å². The summed E-state index contributed by atoms with van der Waals surface area (Å²) in [7, 11) is -2.37. The van der Waals surface area contributed by atoms with E-state index < -0.39 is 15.8 Å². The Bertz CT molecular complexity index is 972. The van der Waals surface area contributed by atoms with Crippen LogP contribution >= 0.6 is 22.9 Å². The molecule has 0 atom stereocenters. The van der Waals surface area contributed by atoms with E-state index in [4.69, 9.17) is 16.3 Å². The Morgan fingerprint density at radius 3 is 2.57 bits per heavy atom. The lowest BCUT2D eigenvalue weighted by molar-refractivity contribution is 0.419. The van der Waals surface area contributed by atoms with E-state index in [0.29, 0.717) is 21.0 Å². The van der Waals surface area contributed by atoms with Crippen molar-refractivity contribution in [1.29, 1.82) is 0 Å². The molecule has 0 fully saturated rings. The lowest BCUT2D eigenvalue weighted by atomic mass is 10.3. The number of aromatic nitrogens is 1. The second-order valence-corrected chi connectivity index (χ2v) is 7.59. The van der Waals surface area contributed by atoms with Gasteiger partial charge in [-0.25, -0.2) is 17.8 Å². The van der Waals surface area contributed by atoms with E-state index >= 15 is 0 Å². The van der Waals surface area contributed by atoms with Crippen LogP contribution in [0.4, 0.5) is 9.52 Å². The third-order valence-corrected chi connectivity index (χ3v) is 5.94. The summed E-state index contributed by atoms with van der Waals surface area (Å²) < 4.78 is 45.7. The van der Waals surface area contributed by atoms with Crippen molar-refractivity contribution in [2.24, 2.45) is 0 Å². The van der Waals surface area contributed by atoms with Gasteiger partial charge in [0.1, 0.15) is 17.1 Å². The van der Waals surface area contributed by atoms with Crippen molar-refractivity contribution in [3.63, 3.8) is 0 Å². The summed E-state index contributed by atoms with van der Waals surface area (Å²) in [6.45, 7) is 0. The molecule has 1 N–H and O–H groups in total. The number of nitrogens with one attached hydrogen (secondary N) is 1. The largest absolute Gasteiger partial charge is 0.494 e. The number of fused-ring (bicyclic) bond motifs is 1. The van der Waals surface area contributed by atoms with Crippen LogP contribution in [-0.4, -0.2) is 20.5 Å². The minimum absolute atomic E-state index is 0.0591. The van der Waals surface area contributed by atoms with Crippen LogP contribution in [0.5, 0.6) is 5.75 Å². The smallest absolute Gasteiger partial charge is 0.263 e. The molecule has 3 aromatic rings. The number of sulfonamides is 1. The Hall–Kier alpha value is -1.90. The second-order valence-electron chi connectivity index (χ2n) is 4.51. The molecule has 0 saturated carbocycles. The predicted molar refractivity (Wildman–Crippen MR) is 88.4 cm³/mol. The molecule has 5 nitrogen and oxygen atoms in total. The average Bonchev–Trinajstić information content (AvgIpc) is 2.92. The summed E-state index contributed by atoms with van der Waals surface area (Å²) in [6, 6.07) is 7.82. The lowest BCUT2D eigenvalue weighted by Gasteiger charge is -2.04. The van der Waals surface area contributed by atoms with Gasteiger partial charge >= 0.3 is 0 Å². The van der Waals surface area contributed by atoms with Gasteiger partial charge in [-0.15, -0.1) is 0 Å². The fourth-order valence-corrected chi connectivity index (χ4v) is 4.34. The summed E-state index contributed by atoms with van der Waals surface area (Å²) in [4.78, 5) is 4.16. The Morgan fingerprint density at radius 2 is 1.91 bits per heavy atom. The van der Waals surface area contributed by atoms with Crippen LogP contribution in [0.1, 0.15) is 0 Å². The first-order chi connectivity index (χ1) is 10.9. The predicted octanol–water partition coefficient (Wildman–Crippen LogP) is 3.90. The number of methoxy groups -OCH3 is 1. The molecule has 120 valence electrons. The summed E-state index contributed by atoms with van der Waals surface area (Å²) in [6.07, 6.45) is 0. The van der Waals surface area contributed by atoms with Crippen LogP contribution in [0, 0.1) is 5.82 Å². The molecule has 0 bridgehead atoms. The SMILES string of the molecule is COc1ccc(Cl)c2sc(NS(=O)(=O)c3ccc(F)cc3)nc12. The number of ether oxygens (including phenoxy) is 1. The van der Waals surface area contributed by atoms with Crippen LogP contribution in [0.3, 0.4) is 0 Å². The maximum atomic E-state index is 12.9. The average molecular weight is 373 g/mol. The highest BCUT2D eigenvalue weighted by Gasteiger charge is 2.18. The quantitative estimate of drug-likeness (QED) is 0.754. The summed E-state index contributed by atoms with van der Waals surface area (Å²) in [5.74, 6) is -0.0201. The molecule has 0 aliphatic carbocycles. The lowest BCUT2D eigenvalue weighted by Crippen LogP contribution is -2.12. The van der Waals surface area contributed by atoms with Gasteiger partial charge < -0.3 is 4.74 Å². The van der Waals surface area contributed by atoms with Gasteiger partial charge in [-0.3, -0.25) is 4.72 Å². The standard InChI is InChI=1S/C14H10ClFN2O3S2/c1-21-11-7-6-10(15)13-12(11)17-14(22-13)18-23(19,20)9-4-2-8(16)3-5-9/h2-7H,1H3,(H,17,18). The van der Waals surface area contributed by atoms with Gasteiger partial charge in [0.25, 0.3) is 10.0 Å². The Balaban J connectivity index is 2.01. The number of benzene rings is 2. The van der Waals surface area contributed by atoms with Gasteiger partial charge in [0.2, 0.25) is 0 Å². The van der Waals surface area contributed by atoms with E-state index in [1.807, 2.05) is 0 Å². The van der Waals surface area contributed by atoms with Gasteiger partial charge in [0.05, 0.1) is 21.7 Å². The Labute approximate surface area is 140 Å². The van der Waals surface area contributed by atoms with Gasteiger partial charge in [-0.05, 0) is 36.4 Å². The normalized spacial score (nSPS) is 11.6. The third kappa shape index (κ3) is 3.10. The van der Waals surface area contributed by atoms with E-state index in [1.54, 1.807) is 12.1 Å². The van der Waals surface area contributed by atoms with Crippen molar-refractivity contribution in [2.75, 3.05) is 11.8 Å². The van der Waals surface area contributed by atoms with Crippen molar-refractivity contribution in [2.45, 2.75) is 4.90 Å². The fourth-order valence-electron chi connectivity index (χ4n) is 1.95. The van der Waals surface area contributed by atoms with E-state index in [-0.39, 0.29) is 10.0 Å². The molecule has 0 unspecified atom stereocenters. The van der Waals surface area contributed by atoms with E-state index in [9.17, 15) is 12.8 Å². The maximum absolute atomic E-state index is 12.9. The monoisotopic (exact) mass is 372 g/mol. The fraction of sp³-hybridized carbons (Fsp3) is 0.0714. The van der Waals surface area contributed by atoms with Gasteiger partial charge in [0.15, 0.2) is 5.13 Å². The zero-order chi connectivity index (χ0) is 16.6. The number of hydrogen-bond donors (Lipinski definition) is 1. The molecule has 1 aromatic heterocycles. The van der Waals surface area contributed by atoms with Crippen LogP contribution in [0.15, 0.2) is 41.3 Å². The first-order valence-electron chi connectivity index (χ1n) is 6.32. The van der Waals surface area contributed by atoms with E-state index in [2.05, 4.69) is 9.71 Å². The van der Waals surface area contributed by atoms with Crippen LogP contribution in [0.25, 0.3) is 10.2 Å². The summed E-state index contributed by atoms with van der Waals surface area (Å²) in [5, 5.41) is 0.598. The number of rotatable bonds is 4.